The molecule has 0 radical (unpaired) electrons. The van der Waals surface area contributed by atoms with Crippen LogP contribution in [-0.4, -0.2) is 45.1 Å². The highest BCUT2D eigenvalue weighted by Crippen LogP contribution is 2.25. The molecule has 1 aliphatic rings. The Balaban J connectivity index is 1.98. The molecule has 0 aliphatic heterocycles. The lowest BCUT2D eigenvalue weighted by Crippen LogP contribution is -2.32. The molecule has 1 atom stereocenters. The third-order valence-electron chi connectivity index (χ3n) is 3.15. The number of aliphatic hydroxyl groups is 1. The van der Waals surface area contributed by atoms with Crippen molar-refractivity contribution in [2.24, 2.45) is 0 Å². The maximum atomic E-state index is 11.7. The van der Waals surface area contributed by atoms with Gasteiger partial charge in [-0.1, -0.05) is 6.07 Å². The number of rotatable bonds is 7. The first kappa shape index (κ1) is 15.3. The highest BCUT2D eigenvalue weighted by atomic mass is 32.2. The summed E-state index contributed by atoms with van der Waals surface area (Å²) in [5.41, 5.74) is 0.915. The van der Waals surface area contributed by atoms with Gasteiger partial charge < -0.3 is 15.2 Å². The summed E-state index contributed by atoms with van der Waals surface area (Å²) in [6.45, 7) is 2.40. The first-order valence-corrected chi connectivity index (χ1v) is 8.60. The second-order valence-corrected chi connectivity index (χ2v) is 7.35. The van der Waals surface area contributed by atoms with E-state index in [0.29, 0.717) is 18.3 Å². The van der Waals surface area contributed by atoms with Crippen molar-refractivity contribution in [3.8, 4) is 5.75 Å². The van der Waals surface area contributed by atoms with Crippen molar-refractivity contribution >= 4 is 9.84 Å². The smallest absolute Gasteiger partial charge is 0.179 e. The number of sulfone groups is 1. The van der Waals surface area contributed by atoms with E-state index >= 15 is 0 Å². The van der Waals surface area contributed by atoms with Gasteiger partial charge in [0.1, 0.15) is 23.4 Å². The second-order valence-electron chi connectivity index (χ2n) is 5.37. The fourth-order valence-corrected chi connectivity index (χ4v) is 2.67. The zero-order valence-electron chi connectivity index (χ0n) is 11.8. The fraction of sp³-hybridized carbons (Fsp3) is 0.571. The number of hydrogen-bond acceptors (Lipinski definition) is 5. The van der Waals surface area contributed by atoms with Gasteiger partial charge in [-0.05, 0) is 37.5 Å². The summed E-state index contributed by atoms with van der Waals surface area (Å²) in [5.74, 6) is 0.304. The standard InChI is InChI=1S/C14H21NO4S/c1-10-3-6-14(20(2,17)18)13(7-10)19-9-12(16)8-15-11-4-5-11/h3,6-7,11-12,15-16H,4-5,8-9H2,1-2H3. The molecule has 1 aromatic rings. The van der Waals surface area contributed by atoms with Gasteiger partial charge in [0.25, 0.3) is 0 Å². The molecule has 0 amide bonds. The number of benzene rings is 1. The third kappa shape index (κ3) is 4.47. The molecule has 0 saturated heterocycles. The summed E-state index contributed by atoms with van der Waals surface area (Å²) in [4.78, 5) is 0.158. The highest BCUT2D eigenvalue weighted by Gasteiger charge is 2.22. The van der Waals surface area contributed by atoms with Crippen LogP contribution < -0.4 is 10.1 Å². The molecule has 0 aromatic heterocycles. The Bertz CT molecular complexity index is 567. The van der Waals surface area contributed by atoms with Crippen molar-refractivity contribution in [3.05, 3.63) is 23.8 Å². The Morgan fingerprint density at radius 1 is 1.45 bits per heavy atom. The molecule has 20 heavy (non-hydrogen) atoms. The average Bonchev–Trinajstić information content (AvgIpc) is 3.16. The van der Waals surface area contributed by atoms with E-state index in [4.69, 9.17) is 4.74 Å². The number of hydrogen-bond donors (Lipinski definition) is 2. The monoisotopic (exact) mass is 299 g/mol. The minimum atomic E-state index is -3.34. The van der Waals surface area contributed by atoms with Crippen molar-refractivity contribution in [1.82, 2.24) is 5.32 Å². The van der Waals surface area contributed by atoms with Crippen LogP contribution in [-0.2, 0) is 9.84 Å². The normalized spacial score (nSPS) is 16.9. The van der Waals surface area contributed by atoms with E-state index in [-0.39, 0.29) is 11.5 Å². The van der Waals surface area contributed by atoms with Crippen molar-refractivity contribution in [2.75, 3.05) is 19.4 Å². The Labute approximate surface area is 119 Å². The summed E-state index contributed by atoms with van der Waals surface area (Å²) >= 11 is 0. The molecule has 1 unspecified atom stereocenters. The molecule has 1 aromatic carbocycles. The van der Waals surface area contributed by atoms with Crippen molar-refractivity contribution in [3.63, 3.8) is 0 Å². The lowest BCUT2D eigenvalue weighted by Gasteiger charge is -2.15. The van der Waals surface area contributed by atoms with Gasteiger partial charge in [0.2, 0.25) is 0 Å². The number of aliphatic hydroxyl groups excluding tert-OH is 1. The van der Waals surface area contributed by atoms with Gasteiger partial charge in [-0.15, -0.1) is 0 Å². The summed E-state index contributed by atoms with van der Waals surface area (Å²) in [5, 5.41) is 13.0. The number of ether oxygens (including phenoxy) is 1. The quantitative estimate of drug-likeness (QED) is 0.782. The SMILES string of the molecule is Cc1ccc(S(C)(=O)=O)c(OCC(O)CNC2CC2)c1. The zero-order chi connectivity index (χ0) is 14.8. The van der Waals surface area contributed by atoms with Crippen LogP contribution in [0.1, 0.15) is 18.4 Å². The van der Waals surface area contributed by atoms with Gasteiger partial charge in [-0.25, -0.2) is 8.42 Å². The summed E-state index contributed by atoms with van der Waals surface area (Å²) < 4.78 is 28.8. The lowest BCUT2D eigenvalue weighted by atomic mass is 10.2. The molecule has 1 saturated carbocycles. The maximum Gasteiger partial charge on any atom is 0.179 e. The van der Waals surface area contributed by atoms with Crippen LogP contribution in [0.4, 0.5) is 0 Å². The topological polar surface area (TPSA) is 75.6 Å². The molecule has 2 rings (SSSR count). The van der Waals surface area contributed by atoms with E-state index in [1.54, 1.807) is 12.1 Å². The van der Waals surface area contributed by atoms with Crippen LogP contribution in [0.3, 0.4) is 0 Å². The van der Waals surface area contributed by atoms with E-state index < -0.39 is 15.9 Å². The summed E-state index contributed by atoms with van der Waals surface area (Å²) in [6, 6.07) is 5.47. The van der Waals surface area contributed by atoms with E-state index in [1.165, 1.54) is 6.07 Å². The van der Waals surface area contributed by atoms with Gasteiger partial charge in [0.15, 0.2) is 9.84 Å². The van der Waals surface area contributed by atoms with Gasteiger partial charge in [-0.3, -0.25) is 0 Å². The average molecular weight is 299 g/mol. The zero-order valence-corrected chi connectivity index (χ0v) is 12.6. The van der Waals surface area contributed by atoms with Gasteiger partial charge in [-0.2, -0.15) is 0 Å². The van der Waals surface area contributed by atoms with Crippen LogP contribution in [0.25, 0.3) is 0 Å². The largest absolute Gasteiger partial charge is 0.489 e. The molecule has 5 nitrogen and oxygen atoms in total. The first-order chi connectivity index (χ1) is 9.36. The van der Waals surface area contributed by atoms with Crippen LogP contribution >= 0.6 is 0 Å². The number of aryl methyl sites for hydroxylation is 1. The van der Waals surface area contributed by atoms with Crippen molar-refractivity contribution < 1.29 is 18.3 Å². The predicted octanol–water partition coefficient (Wildman–Crippen LogP) is 0.890. The molecule has 2 N–H and O–H groups in total. The van der Waals surface area contributed by atoms with Crippen LogP contribution in [0.2, 0.25) is 0 Å². The summed E-state index contributed by atoms with van der Waals surface area (Å²) in [7, 11) is -3.34. The minimum absolute atomic E-state index is 0.0751. The molecule has 6 heteroatoms. The van der Waals surface area contributed by atoms with E-state index in [2.05, 4.69) is 5.32 Å². The van der Waals surface area contributed by atoms with Crippen molar-refractivity contribution in [2.45, 2.75) is 36.8 Å². The molecule has 0 spiro atoms. The van der Waals surface area contributed by atoms with E-state index in [1.807, 2.05) is 6.92 Å². The first-order valence-electron chi connectivity index (χ1n) is 6.71. The van der Waals surface area contributed by atoms with Crippen molar-refractivity contribution in [1.29, 1.82) is 0 Å². The Morgan fingerprint density at radius 2 is 2.15 bits per heavy atom. The van der Waals surface area contributed by atoms with E-state index in [9.17, 15) is 13.5 Å². The molecule has 1 fully saturated rings. The lowest BCUT2D eigenvalue weighted by molar-refractivity contribution is 0.104. The van der Waals surface area contributed by atoms with Gasteiger partial charge in [0, 0.05) is 18.8 Å². The Hall–Kier alpha value is -1.11. The molecular formula is C14H21NO4S. The highest BCUT2D eigenvalue weighted by molar-refractivity contribution is 7.90. The second kappa shape index (κ2) is 6.11. The fourth-order valence-electron chi connectivity index (χ4n) is 1.87. The van der Waals surface area contributed by atoms with Gasteiger partial charge >= 0.3 is 0 Å². The van der Waals surface area contributed by atoms with Crippen LogP contribution in [0.5, 0.6) is 5.75 Å². The molecule has 0 heterocycles. The third-order valence-corrected chi connectivity index (χ3v) is 4.29. The molecule has 112 valence electrons. The van der Waals surface area contributed by atoms with Crippen LogP contribution in [0, 0.1) is 6.92 Å². The maximum absolute atomic E-state index is 11.7. The van der Waals surface area contributed by atoms with E-state index in [0.717, 1.165) is 24.7 Å². The Kier molecular flexibility index (Phi) is 4.67. The summed E-state index contributed by atoms with van der Waals surface area (Å²) in [6.07, 6.45) is 2.81. The number of nitrogens with one attached hydrogen (secondary N) is 1. The minimum Gasteiger partial charge on any atom is -0.489 e. The predicted molar refractivity (Wildman–Crippen MR) is 76.8 cm³/mol. The van der Waals surface area contributed by atoms with Gasteiger partial charge in [0.05, 0.1) is 0 Å². The molecule has 0 bridgehead atoms. The van der Waals surface area contributed by atoms with Crippen LogP contribution in [0.15, 0.2) is 23.1 Å². The Morgan fingerprint density at radius 3 is 2.75 bits per heavy atom. The molecular weight excluding hydrogens is 278 g/mol. The molecule has 1 aliphatic carbocycles.